The van der Waals surface area contributed by atoms with Crippen LogP contribution in [0.25, 0.3) is 0 Å². The van der Waals surface area contributed by atoms with Crippen molar-refractivity contribution in [2.24, 2.45) is 0 Å². The monoisotopic (exact) mass is 357 g/mol. The summed E-state index contributed by atoms with van der Waals surface area (Å²) in [5.74, 6) is 0. The van der Waals surface area contributed by atoms with E-state index in [0.29, 0.717) is 6.04 Å². The third-order valence-electron chi connectivity index (χ3n) is 2.91. The molecule has 2 aromatic rings. The summed E-state index contributed by atoms with van der Waals surface area (Å²) in [5.41, 5.74) is 2.73. The Labute approximate surface area is 120 Å². The first-order chi connectivity index (χ1) is 8.16. The van der Waals surface area contributed by atoms with Crippen molar-refractivity contribution >= 4 is 33.9 Å². The zero-order chi connectivity index (χ0) is 12.3. The zero-order valence-corrected chi connectivity index (χ0v) is 13.0. The van der Waals surface area contributed by atoms with Crippen molar-refractivity contribution in [3.05, 3.63) is 55.3 Å². The van der Waals surface area contributed by atoms with Crippen molar-refractivity contribution in [1.29, 1.82) is 0 Å². The lowest BCUT2D eigenvalue weighted by atomic mass is 10.1. The van der Waals surface area contributed by atoms with Crippen LogP contribution < -0.4 is 5.32 Å². The summed E-state index contributed by atoms with van der Waals surface area (Å²) >= 11 is 4.16. The fraction of sp³-hybridized carbons (Fsp3) is 0.286. The van der Waals surface area contributed by atoms with Gasteiger partial charge in [-0.15, -0.1) is 11.3 Å². The van der Waals surface area contributed by atoms with Gasteiger partial charge in [0.25, 0.3) is 0 Å². The van der Waals surface area contributed by atoms with Crippen molar-refractivity contribution in [3.63, 3.8) is 0 Å². The maximum atomic E-state index is 3.57. The highest BCUT2D eigenvalue weighted by Gasteiger charge is 2.06. The second kappa shape index (κ2) is 5.98. The first-order valence-electron chi connectivity index (χ1n) is 5.68. The molecule has 3 heteroatoms. The van der Waals surface area contributed by atoms with E-state index in [-0.39, 0.29) is 0 Å². The van der Waals surface area contributed by atoms with Crippen LogP contribution in [0.5, 0.6) is 0 Å². The lowest BCUT2D eigenvalue weighted by molar-refractivity contribution is 0.578. The standard InChI is InChI=1S/C14H16INS/c1-10-7-8-17-14(10)9-16-11(2)12-3-5-13(15)6-4-12/h3-8,11,16H,9H2,1-2H3. The summed E-state index contributed by atoms with van der Waals surface area (Å²) in [5, 5.41) is 5.72. The lowest BCUT2D eigenvalue weighted by Crippen LogP contribution is -2.17. The Kier molecular flexibility index (Phi) is 4.59. The van der Waals surface area contributed by atoms with Crippen LogP contribution in [0.3, 0.4) is 0 Å². The van der Waals surface area contributed by atoms with Crippen LogP contribution in [0.2, 0.25) is 0 Å². The summed E-state index contributed by atoms with van der Waals surface area (Å²) in [7, 11) is 0. The number of rotatable bonds is 4. The van der Waals surface area contributed by atoms with Crippen molar-refractivity contribution in [2.75, 3.05) is 0 Å². The fourth-order valence-corrected chi connectivity index (χ4v) is 2.92. The SMILES string of the molecule is Cc1ccsc1CNC(C)c1ccc(I)cc1. The third-order valence-corrected chi connectivity index (χ3v) is 4.65. The van der Waals surface area contributed by atoms with Gasteiger partial charge in [0.2, 0.25) is 0 Å². The van der Waals surface area contributed by atoms with E-state index in [0.717, 1.165) is 6.54 Å². The quantitative estimate of drug-likeness (QED) is 0.794. The highest BCUT2D eigenvalue weighted by Crippen LogP contribution is 2.18. The Hall–Kier alpha value is -0.390. The minimum atomic E-state index is 0.397. The molecular weight excluding hydrogens is 341 g/mol. The normalized spacial score (nSPS) is 12.6. The molecule has 1 N–H and O–H groups in total. The van der Waals surface area contributed by atoms with E-state index in [1.807, 2.05) is 11.3 Å². The van der Waals surface area contributed by atoms with Crippen molar-refractivity contribution in [1.82, 2.24) is 5.32 Å². The molecule has 1 nitrogen and oxygen atoms in total. The zero-order valence-electron chi connectivity index (χ0n) is 10.0. The average Bonchev–Trinajstić information content (AvgIpc) is 2.73. The molecule has 90 valence electrons. The number of benzene rings is 1. The van der Waals surface area contributed by atoms with Gasteiger partial charge in [0.05, 0.1) is 0 Å². The van der Waals surface area contributed by atoms with Crippen molar-refractivity contribution in [3.8, 4) is 0 Å². The van der Waals surface area contributed by atoms with Crippen LogP contribution in [0.15, 0.2) is 35.7 Å². The molecule has 1 aromatic carbocycles. The highest BCUT2D eigenvalue weighted by molar-refractivity contribution is 14.1. The highest BCUT2D eigenvalue weighted by atomic mass is 127. The van der Waals surface area contributed by atoms with Crippen LogP contribution in [0.1, 0.15) is 29.0 Å². The van der Waals surface area contributed by atoms with Crippen LogP contribution in [0, 0.1) is 10.5 Å². The number of nitrogens with one attached hydrogen (secondary N) is 1. The molecule has 1 unspecified atom stereocenters. The molecule has 2 rings (SSSR count). The molecule has 0 saturated heterocycles. The Morgan fingerprint density at radius 1 is 1.24 bits per heavy atom. The van der Waals surface area contributed by atoms with Crippen molar-refractivity contribution < 1.29 is 0 Å². The molecule has 0 aliphatic carbocycles. The smallest absolute Gasteiger partial charge is 0.0308 e. The van der Waals surface area contributed by atoms with Gasteiger partial charge in [0.15, 0.2) is 0 Å². The van der Waals surface area contributed by atoms with Crippen LogP contribution in [0.4, 0.5) is 0 Å². The van der Waals surface area contributed by atoms with E-state index in [9.17, 15) is 0 Å². The first kappa shape index (κ1) is 13.1. The Morgan fingerprint density at radius 2 is 1.94 bits per heavy atom. The molecule has 17 heavy (non-hydrogen) atoms. The van der Waals surface area contributed by atoms with E-state index >= 15 is 0 Å². The van der Waals surface area contributed by atoms with E-state index < -0.39 is 0 Å². The van der Waals surface area contributed by atoms with Gasteiger partial charge in [-0.25, -0.2) is 0 Å². The molecule has 0 spiro atoms. The lowest BCUT2D eigenvalue weighted by Gasteiger charge is -2.14. The number of halogens is 1. The maximum Gasteiger partial charge on any atom is 0.0308 e. The maximum absolute atomic E-state index is 3.57. The summed E-state index contributed by atoms with van der Waals surface area (Å²) in [6, 6.07) is 11.3. The first-order valence-corrected chi connectivity index (χ1v) is 7.64. The topological polar surface area (TPSA) is 12.0 Å². The Balaban J connectivity index is 1.95. The molecule has 0 fully saturated rings. The minimum absolute atomic E-state index is 0.397. The predicted molar refractivity (Wildman–Crippen MR) is 83.5 cm³/mol. The van der Waals surface area contributed by atoms with E-state index in [2.05, 4.69) is 77.5 Å². The Bertz CT molecular complexity index is 475. The molecular formula is C14H16INS. The van der Waals surface area contributed by atoms with E-state index in [4.69, 9.17) is 0 Å². The van der Waals surface area contributed by atoms with Crippen LogP contribution in [-0.4, -0.2) is 0 Å². The molecule has 0 radical (unpaired) electrons. The van der Waals surface area contributed by atoms with Gasteiger partial charge in [-0.05, 0) is 71.1 Å². The van der Waals surface area contributed by atoms with Crippen LogP contribution in [-0.2, 0) is 6.54 Å². The molecule has 1 aromatic heterocycles. The van der Waals surface area contributed by atoms with Gasteiger partial charge < -0.3 is 5.32 Å². The van der Waals surface area contributed by atoms with Gasteiger partial charge in [0, 0.05) is 21.0 Å². The summed E-state index contributed by atoms with van der Waals surface area (Å²) in [4.78, 5) is 1.43. The Morgan fingerprint density at radius 3 is 2.53 bits per heavy atom. The van der Waals surface area contributed by atoms with Gasteiger partial charge >= 0.3 is 0 Å². The fourth-order valence-electron chi connectivity index (χ4n) is 1.70. The number of hydrogen-bond donors (Lipinski definition) is 1. The molecule has 0 aliphatic heterocycles. The van der Waals surface area contributed by atoms with E-state index in [1.165, 1.54) is 19.6 Å². The molecule has 0 saturated carbocycles. The summed E-state index contributed by atoms with van der Waals surface area (Å²) in [6.07, 6.45) is 0. The van der Waals surface area contributed by atoms with Gasteiger partial charge in [-0.1, -0.05) is 12.1 Å². The molecule has 0 bridgehead atoms. The molecule has 0 amide bonds. The second-order valence-electron chi connectivity index (χ2n) is 4.18. The molecule has 1 heterocycles. The number of aryl methyl sites for hydroxylation is 1. The van der Waals surface area contributed by atoms with Crippen LogP contribution >= 0.6 is 33.9 Å². The molecule has 1 atom stereocenters. The second-order valence-corrected chi connectivity index (χ2v) is 6.43. The largest absolute Gasteiger partial charge is 0.305 e. The van der Waals surface area contributed by atoms with Gasteiger partial charge in [-0.2, -0.15) is 0 Å². The summed E-state index contributed by atoms with van der Waals surface area (Å²) < 4.78 is 1.28. The summed E-state index contributed by atoms with van der Waals surface area (Å²) in [6.45, 7) is 5.34. The third kappa shape index (κ3) is 3.53. The van der Waals surface area contributed by atoms with Gasteiger partial charge in [-0.3, -0.25) is 0 Å². The number of thiophene rings is 1. The number of hydrogen-bond acceptors (Lipinski definition) is 2. The molecule has 0 aliphatic rings. The predicted octanol–water partition coefficient (Wildman–Crippen LogP) is 4.51. The average molecular weight is 357 g/mol. The minimum Gasteiger partial charge on any atom is -0.305 e. The van der Waals surface area contributed by atoms with Crippen molar-refractivity contribution in [2.45, 2.75) is 26.4 Å². The van der Waals surface area contributed by atoms with E-state index in [1.54, 1.807) is 0 Å². The van der Waals surface area contributed by atoms with Gasteiger partial charge in [0.1, 0.15) is 0 Å².